The van der Waals surface area contributed by atoms with Crippen LogP contribution in [0.5, 0.6) is 11.8 Å². The maximum absolute atomic E-state index is 5.21. The molecule has 0 spiro atoms. The van der Waals surface area contributed by atoms with Crippen LogP contribution < -0.4 is 14.8 Å². The molecule has 1 aliphatic rings. The SMILES string of the molecule is COc1cc(CN2CCNCC2)c(OC)nn1. The first kappa shape index (κ1) is 12.1. The molecular weight excluding hydrogens is 220 g/mol. The van der Waals surface area contributed by atoms with Gasteiger partial charge < -0.3 is 14.8 Å². The van der Waals surface area contributed by atoms with E-state index in [9.17, 15) is 0 Å². The van der Waals surface area contributed by atoms with Gasteiger partial charge in [0.15, 0.2) is 0 Å². The number of nitrogens with one attached hydrogen (secondary N) is 1. The van der Waals surface area contributed by atoms with E-state index in [4.69, 9.17) is 9.47 Å². The third kappa shape index (κ3) is 3.04. The van der Waals surface area contributed by atoms with Crippen LogP contribution >= 0.6 is 0 Å². The zero-order valence-electron chi connectivity index (χ0n) is 10.3. The number of hydrogen-bond acceptors (Lipinski definition) is 6. The Labute approximate surface area is 101 Å². The highest BCUT2D eigenvalue weighted by atomic mass is 16.5. The maximum Gasteiger partial charge on any atom is 0.237 e. The van der Waals surface area contributed by atoms with Gasteiger partial charge in [-0.2, -0.15) is 0 Å². The van der Waals surface area contributed by atoms with Crippen molar-refractivity contribution < 1.29 is 9.47 Å². The largest absolute Gasteiger partial charge is 0.480 e. The van der Waals surface area contributed by atoms with E-state index < -0.39 is 0 Å². The van der Waals surface area contributed by atoms with E-state index in [-0.39, 0.29) is 0 Å². The molecule has 6 nitrogen and oxygen atoms in total. The van der Waals surface area contributed by atoms with Crippen molar-refractivity contribution in [2.45, 2.75) is 6.54 Å². The summed E-state index contributed by atoms with van der Waals surface area (Å²) in [5.74, 6) is 1.10. The van der Waals surface area contributed by atoms with Crippen molar-refractivity contribution in [1.29, 1.82) is 0 Å². The summed E-state index contributed by atoms with van der Waals surface area (Å²) in [7, 11) is 3.20. The van der Waals surface area contributed by atoms with Crippen molar-refractivity contribution in [2.75, 3.05) is 40.4 Å². The summed E-state index contributed by atoms with van der Waals surface area (Å²) >= 11 is 0. The van der Waals surface area contributed by atoms with E-state index in [1.54, 1.807) is 14.2 Å². The van der Waals surface area contributed by atoms with Crippen molar-refractivity contribution in [2.24, 2.45) is 0 Å². The van der Waals surface area contributed by atoms with Crippen molar-refractivity contribution in [3.8, 4) is 11.8 Å². The van der Waals surface area contributed by atoms with Crippen molar-refractivity contribution in [3.63, 3.8) is 0 Å². The van der Waals surface area contributed by atoms with Crippen molar-refractivity contribution in [3.05, 3.63) is 11.6 Å². The average molecular weight is 238 g/mol. The molecule has 2 heterocycles. The first-order valence-electron chi connectivity index (χ1n) is 5.71. The molecular formula is C11H18N4O2. The molecule has 6 heteroatoms. The van der Waals surface area contributed by atoms with Gasteiger partial charge in [0.2, 0.25) is 11.8 Å². The second-order valence-corrected chi connectivity index (χ2v) is 3.95. The zero-order valence-corrected chi connectivity index (χ0v) is 10.3. The van der Waals surface area contributed by atoms with Gasteiger partial charge in [-0.1, -0.05) is 0 Å². The Morgan fingerprint density at radius 2 is 2.00 bits per heavy atom. The number of nitrogens with zero attached hydrogens (tertiary/aromatic N) is 3. The van der Waals surface area contributed by atoms with Crippen molar-refractivity contribution in [1.82, 2.24) is 20.4 Å². The Bertz CT molecular complexity index is 366. The normalized spacial score (nSPS) is 16.8. The summed E-state index contributed by atoms with van der Waals surface area (Å²) in [5.41, 5.74) is 1.02. The highest BCUT2D eigenvalue weighted by Gasteiger charge is 2.14. The molecule has 0 aromatic carbocycles. The molecule has 1 N–H and O–H groups in total. The monoisotopic (exact) mass is 238 g/mol. The highest BCUT2D eigenvalue weighted by molar-refractivity contribution is 5.28. The van der Waals surface area contributed by atoms with Crippen LogP contribution in [0.3, 0.4) is 0 Å². The number of ether oxygens (including phenoxy) is 2. The quantitative estimate of drug-likeness (QED) is 0.790. The van der Waals surface area contributed by atoms with Crippen LogP contribution in [0.25, 0.3) is 0 Å². The van der Waals surface area contributed by atoms with Crippen LogP contribution in [0.1, 0.15) is 5.56 Å². The van der Waals surface area contributed by atoms with Crippen LogP contribution in [-0.4, -0.2) is 55.5 Å². The Balaban J connectivity index is 2.11. The molecule has 0 radical (unpaired) electrons. The Hall–Kier alpha value is -1.40. The fourth-order valence-corrected chi connectivity index (χ4v) is 1.89. The second kappa shape index (κ2) is 5.79. The van der Waals surface area contributed by atoms with E-state index >= 15 is 0 Å². The topological polar surface area (TPSA) is 59.5 Å². The minimum atomic E-state index is 0.524. The third-order valence-electron chi connectivity index (χ3n) is 2.82. The van der Waals surface area contributed by atoms with E-state index in [0.29, 0.717) is 11.8 Å². The molecule has 2 rings (SSSR count). The lowest BCUT2D eigenvalue weighted by molar-refractivity contribution is 0.228. The van der Waals surface area contributed by atoms with Crippen LogP contribution in [0, 0.1) is 0 Å². The first-order valence-corrected chi connectivity index (χ1v) is 5.71. The standard InChI is InChI=1S/C11H18N4O2/c1-16-10-7-9(11(17-2)14-13-10)8-15-5-3-12-4-6-15/h7,12H,3-6,8H2,1-2H3. The van der Waals surface area contributed by atoms with Crippen LogP contribution in [0.15, 0.2) is 6.07 Å². The molecule has 0 atom stereocenters. The lowest BCUT2D eigenvalue weighted by Crippen LogP contribution is -2.42. The zero-order chi connectivity index (χ0) is 12.1. The van der Waals surface area contributed by atoms with Gasteiger partial charge in [0.1, 0.15) is 0 Å². The van der Waals surface area contributed by atoms with Crippen LogP contribution in [0.4, 0.5) is 0 Å². The third-order valence-corrected chi connectivity index (χ3v) is 2.82. The number of aromatic nitrogens is 2. The summed E-state index contributed by atoms with van der Waals surface area (Å²) in [6.07, 6.45) is 0. The number of methoxy groups -OCH3 is 2. The Morgan fingerprint density at radius 1 is 1.24 bits per heavy atom. The molecule has 0 amide bonds. The smallest absolute Gasteiger partial charge is 0.237 e. The molecule has 0 aliphatic carbocycles. The lowest BCUT2D eigenvalue weighted by atomic mass is 10.2. The lowest BCUT2D eigenvalue weighted by Gasteiger charge is -2.27. The summed E-state index contributed by atoms with van der Waals surface area (Å²) in [6, 6.07) is 1.88. The summed E-state index contributed by atoms with van der Waals surface area (Å²) in [5, 5.41) is 11.2. The molecule has 1 fully saturated rings. The molecule has 0 unspecified atom stereocenters. The fraction of sp³-hybridized carbons (Fsp3) is 0.636. The van der Waals surface area contributed by atoms with Crippen LogP contribution in [0.2, 0.25) is 0 Å². The van der Waals surface area contributed by atoms with Crippen molar-refractivity contribution >= 4 is 0 Å². The van der Waals surface area contributed by atoms with Gasteiger partial charge in [0.25, 0.3) is 0 Å². The van der Waals surface area contributed by atoms with E-state index in [0.717, 1.165) is 38.3 Å². The van der Waals surface area contributed by atoms with Gasteiger partial charge in [0.05, 0.1) is 14.2 Å². The van der Waals surface area contributed by atoms with Gasteiger partial charge in [0, 0.05) is 44.4 Å². The van der Waals surface area contributed by atoms with E-state index in [2.05, 4.69) is 20.4 Å². The fourth-order valence-electron chi connectivity index (χ4n) is 1.89. The second-order valence-electron chi connectivity index (χ2n) is 3.95. The van der Waals surface area contributed by atoms with Crippen LogP contribution in [-0.2, 0) is 6.54 Å². The van der Waals surface area contributed by atoms with Gasteiger partial charge in [-0.15, -0.1) is 10.2 Å². The molecule has 0 bridgehead atoms. The molecule has 17 heavy (non-hydrogen) atoms. The predicted molar refractivity (Wildman–Crippen MR) is 63.3 cm³/mol. The number of rotatable bonds is 4. The first-order chi connectivity index (χ1) is 8.33. The van der Waals surface area contributed by atoms with Gasteiger partial charge in [-0.05, 0) is 0 Å². The molecule has 1 saturated heterocycles. The molecule has 0 saturated carbocycles. The molecule has 1 aromatic rings. The minimum Gasteiger partial charge on any atom is -0.480 e. The highest BCUT2D eigenvalue weighted by Crippen LogP contribution is 2.20. The number of hydrogen-bond donors (Lipinski definition) is 1. The Kier molecular flexibility index (Phi) is 4.11. The molecule has 1 aliphatic heterocycles. The van der Waals surface area contributed by atoms with Gasteiger partial charge >= 0.3 is 0 Å². The summed E-state index contributed by atoms with van der Waals surface area (Å²) in [4.78, 5) is 2.36. The molecule has 1 aromatic heterocycles. The Morgan fingerprint density at radius 3 is 2.65 bits per heavy atom. The predicted octanol–water partition coefficient (Wildman–Crippen LogP) is -0.101. The maximum atomic E-state index is 5.21. The average Bonchev–Trinajstić information content (AvgIpc) is 2.40. The van der Waals surface area contributed by atoms with E-state index in [1.165, 1.54) is 0 Å². The van der Waals surface area contributed by atoms with Gasteiger partial charge in [-0.25, -0.2) is 0 Å². The van der Waals surface area contributed by atoms with E-state index in [1.807, 2.05) is 6.07 Å². The summed E-state index contributed by atoms with van der Waals surface area (Å²) in [6.45, 7) is 4.94. The van der Waals surface area contributed by atoms with Gasteiger partial charge in [-0.3, -0.25) is 4.90 Å². The summed E-state index contributed by atoms with van der Waals surface area (Å²) < 4.78 is 10.3. The molecule has 94 valence electrons. The minimum absolute atomic E-state index is 0.524. The number of piperazine rings is 1.